The van der Waals surface area contributed by atoms with E-state index in [-0.39, 0.29) is 10.7 Å². The maximum atomic E-state index is 13.1. The molecule has 0 amide bonds. The first kappa shape index (κ1) is 16.8. The Labute approximate surface area is 151 Å². The molecule has 4 rings (SSSR count). The van der Waals surface area contributed by atoms with Gasteiger partial charge in [0.05, 0.1) is 17.5 Å². The smallest absolute Gasteiger partial charge is 0.333 e. The Morgan fingerprint density at radius 2 is 1.96 bits per heavy atom. The summed E-state index contributed by atoms with van der Waals surface area (Å²) in [7, 11) is 0. The van der Waals surface area contributed by atoms with Crippen molar-refractivity contribution in [1.82, 2.24) is 24.1 Å². The van der Waals surface area contributed by atoms with E-state index in [0.29, 0.717) is 23.0 Å². The first-order valence-electron chi connectivity index (χ1n) is 7.78. The number of imidazole rings is 1. The van der Waals surface area contributed by atoms with Crippen LogP contribution in [0.3, 0.4) is 0 Å². The Bertz CT molecular complexity index is 1110. The number of rotatable bonds is 3. The summed E-state index contributed by atoms with van der Waals surface area (Å²) in [4.78, 5) is 12.2. The molecule has 0 bridgehead atoms. The number of hydrogen-bond acceptors (Lipinski definition) is 3. The van der Waals surface area contributed by atoms with Crippen molar-refractivity contribution in [3.05, 3.63) is 53.5 Å². The first-order chi connectivity index (χ1) is 12.3. The van der Waals surface area contributed by atoms with Crippen LogP contribution < -0.4 is 0 Å². The predicted molar refractivity (Wildman–Crippen MR) is 92.2 cm³/mol. The molecule has 4 aromatic rings. The summed E-state index contributed by atoms with van der Waals surface area (Å²) in [5.41, 5.74) is 2.85. The molecule has 0 unspecified atom stereocenters. The van der Waals surface area contributed by atoms with Crippen molar-refractivity contribution in [2.75, 3.05) is 0 Å². The average molecular weight is 380 g/mol. The van der Waals surface area contributed by atoms with E-state index in [9.17, 15) is 13.2 Å². The third-order valence-electron chi connectivity index (χ3n) is 4.12. The fourth-order valence-electron chi connectivity index (χ4n) is 3.13. The van der Waals surface area contributed by atoms with Gasteiger partial charge in [0.2, 0.25) is 0 Å². The van der Waals surface area contributed by atoms with Crippen LogP contribution in [0.1, 0.15) is 11.3 Å². The van der Waals surface area contributed by atoms with Crippen molar-refractivity contribution >= 4 is 33.5 Å². The number of aromatic nitrogens is 5. The highest BCUT2D eigenvalue weighted by Gasteiger charge is 2.30. The van der Waals surface area contributed by atoms with Crippen LogP contribution in [-0.4, -0.2) is 30.3 Å². The number of alkyl halides is 3. The molecule has 0 atom stereocenters. The second kappa shape index (κ2) is 5.98. The highest BCUT2D eigenvalue weighted by molar-refractivity contribution is 6.34. The van der Waals surface area contributed by atoms with E-state index in [1.807, 2.05) is 23.8 Å². The molecule has 0 spiro atoms. The highest BCUT2D eigenvalue weighted by atomic mass is 35.5. The van der Waals surface area contributed by atoms with Crippen molar-refractivity contribution in [2.45, 2.75) is 26.2 Å². The van der Waals surface area contributed by atoms with Gasteiger partial charge in [-0.3, -0.25) is 0 Å². The van der Waals surface area contributed by atoms with Crippen molar-refractivity contribution in [3.63, 3.8) is 0 Å². The van der Waals surface area contributed by atoms with Crippen molar-refractivity contribution in [2.24, 2.45) is 0 Å². The topological polar surface area (TPSA) is 48.5 Å². The van der Waals surface area contributed by atoms with Crippen LogP contribution in [0, 0.1) is 6.92 Å². The van der Waals surface area contributed by atoms with E-state index in [4.69, 9.17) is 11.6 Å². The number of halogens is 4. The summed E-state index contributed by atoms with van der Waals surface area (Å²) in [5.74, 6) is 0. The molecule has 0 aliphatic carbocycles. The summed E-state index contributed by atoms with van der Waals surface area (Å²) >= 11 is 6.08. The molecular weight excluding hydrogens is 367 g/mol. The van der Waals surface area contributed by atoms with Gasteiger partial charge in [0.15, 0.2) is 5.15 Å². The molecule has 0 aliphatic rings. The van der Waals surface area contributed by atoms with Gasteiger partial charge >= 0.3 is 6.18 Å². The largest absolute Gasteiger partial charge is 0.406 e. The summed E-state index contributed by atoms with van der Waals surface area (Å²) < 4.78 is 42.2. The van der Waals surface area contributed by atoms with Crippen LogP contribution in [-0.2, 0) is 13.1 Å². The maximum absolute atomic E-state index is 13.1. The summed E-state index contributed by atoms with van der Waals surface area (Å²) in [5, 5.41) is 0.616. The average Bonchev–Trinajstić information content (AvgIpc) is 3.09. The van der Waals surface area contributed by atoms with Crippen LogP contribution in [0.2, 0.25) is 5.15 Å². The molecule has 134 valence electrons. The number of fused-ring (bicyclic) bond motifs is 3. The van der Waals surface area contributed by atoms with Gasteiger partial charge in [-0.25, -0.2) is 15.0 Å². The van der Waals surface area contributed by atoms with Gasteiger partial charge in [-0.05, 0) is 24.6 Å². The Balaban J connectivity index is 1.90. The van der Waals surface area contributed by atoms with Crippen LogP contribution in [0.15, 0.2) is 37.1 Å². The zero-order chi connectivity index (χ0) is 18.5. The third-order valence-corrected chi connectivity index (χ3v) is 4.40. The van der Waals surface area contributed by atoms with Crippen LogP contribution >= 0.6 is 11.6 Å². The molecule has 0 aliphatic heterocycles. The second-order valence-electron chi connectivity index (χ2n) is 6.10. The lowest BCUT2D eigenvalue weighted by atomic mass is 10.1. The molecule has 0 fully saturated rings. The van der Waals surface area contributed by atoms with Crippen molar-refractivity contribution in [1.29, 1.82) is 0 Å². The monoisotopic (exact) mass is 379 g/mol. The van der Waals surface area contributed by atoms with Gasteiger partial charge in [-0.2, -0.15) is 13.2 Å². The number of hydrogen-bond donors (Lipinski definition) is 0. The maximum Gasteiger partial charge on any atom is 0.406 e. The molecule has 3 heterocycles. The van der Waals surface area contributed by atoms with Gasteiger partial charge in [0.25, 0.3) is 0 Å². The molecule has 3 aromatic heterocycles. The molecule has 26 heavy (non-hydrogen) atoms. The lowest BCUT2D eigenvalue weighted by molar-refractivity contribution is -0.139. The summed E-state index contributed by atoms with van der Waals surface area (Å²) in [6.45, 7) is 1.30. The number of nitrogens with zero attached hydrogens (tertiary/aromatic N) is 5. The molecule has 0 radical (unpaired) electrons. The van der Waals surface area contributed by atoms with E-state index in [0.717, 1.165) is 15.8 Å². The molecule has 0 saturated carbocycles. The van der Waals surface area contributed by atoms with Gasteiger partial charge in [0.1, 0.15) is 23.9 Å². The Morgan fingerprint density at radius 1 is 1.15 bits per heavy atom. The minimum absolute atomic E-state index is 0.00207. The standard InChI is InChI=1S/C17H13ClF3N5/c1-10-5-25(9-24-10)6-11-2-3-13-12(4-11)14-15(16(18)23-8-22-14)26(13)7-17(19,20)21/h2-5,8-9H,6-7H2,1H3. The van der Waals surface area contributed by atoms with Crippen LogP contribution in [0.4, 0.5) is 13.2 Å². The first-order valence-corrected chi connectivity index (χ1v) is 8.16. The fraction of sp³-hybridized carbons (Fsp3) is 0.235. The highest BCUT2D eigenvalue weighted by Crippen LogP contribution is 2.34. The zero-order valence-electron chi connectivity index (χ0n) is 13.6. The van der Waals surface area contributed by atoms with Gasteiger partial charge in [0, 0.05) is 18.1 Å². The van der Waals surface area contributed by atoms with Crippen LogP contribution in [0.25, 0.3) is 21.9 Å². The van der Waals surface area contributed by atoms with E-state index < -0.39 is 12.7 Å². The summed E-state index contributed by atoms with van der Waals surface area (Å²) in [6.07, 6.45) is 0.487. The van der Waals surface area contributed by atoms with E-state index in [1.165, 1.54) is 6.33 Å². The lowest BCUT2D eigenvalue weighted by Crippen LogP contribution is -2.17. The predicted octanol–water partition coefficient (Wildman–Crippen LogP) is 4.35. The number of aryl methyl sites for hydroxylation is 1. The van der Waals surface area contributed by atoms with Gasteiger partial charge in [-0.1, -0.05) is 17.7 Å². The molecule has 0 saturated heterocycles. The third kappa shape index (κ3) is 3.01. The van der Waals surface area contributed by atoms with E-state index in [1.54, 1.807) is 18.5 Å². The zero-order valence-corrected chi connectivity index (χ0v) is 14.4. The van der Waals surface area contributed by atoms with E-state index >= 15 is 0 Å². The van der Waals surface area contributed by atoms with E-state index in [2.05, 4.69) is 15.0 Å². The number of benzene rings is 1. The normalized spacial score (nSPS) is 12.3. The lowest BCUT2D eigenvalue weighted by Gasteiger charge is -2.11. The van der Waals surface area contributed by atoms with Crippen LogP contribution in [0.5, 0.6) is 0 Å². The Hall–Kier alpha value is -2.61. The quantitative estimate of drug-likeness (QED) is 0.497. The minimum Gasteiger partial charge on any atom is -0.333 e. The Kier molecular flexibility index (Phi) is 3.87. The van der Waals surface area contributed by atoms with Crippen molar-refractivity contribution in [3.8, 4) is 0 Å². The molecular formula is C17H13ClF3N5. The molecule has 0 N–H and O–H groups in total. The SMILES string of the molecule is Cc1cn(Cc2ccc3c(c2)c2ncnc(Cl)c2n3CC(F)(F)F)cn1. The molecule has 5 nitrogen and oxygen atoms in total. The van der Waals surface area contributed by atoms with Crippen molar-refractivity contribution < 1.29 is 13.2 Å². The van der Waals surface area contributed by atoms with Gasteiger partial charge < -0.3 is 9.13 Å². The minimum atomic E-state index is -4.38. The summed E-state index contributed by atoms with van der Waals surface area (Å²) in [6, 6.07) is 5.30. The fourth-order valence-corrected chi connectivity index (χ4v) is 3.37. The molecule has 1 aromatic carbocycles. The Morgan fingerprint density at radius 3 is 2.65 bits per heavy atom. The molecule has 9 heteroatoms. The van der Waals surface area contributed by atoms with Gasteiger partial charge in [-0.15, -0.1) is 0 Å². The second-order valence-corrected chi connectivity index (χ2v) is 6.46.